The van der Waals surface area contributed by atoms with Gasteiger partial charge in [0.1, 0.15) is 0 Å². The quantitative estimate of drug-likeness (QED) is 0.806. The lowest BCUT2D eigenvalue weighted by atomic mass is 9.75. The molecule has 0 aromatic heterocycles. The Labute approximate surface area is 90.1 Å². The van der Waals surface area contributed by atoms with Gasteiger partial charge in [0.2, 0.25) is 0 Å². The molecule has 1 aromatic rings. The summed E-state index contributed by atoms with van der Waals surface area (Å²) in [5.74, 6) is 2.51. The Morgan fingerprint density at radius 3 is 2.36 bits per heavy atom. The summed E-state index contributed by atoms with van der Waals surface area (Å²) in [4.78, 5) is 0. The number of rotatable bonds is 2. The van der Waals surface area contributed by atoms with Crippen molar-refractivity contribution in [1.29, 1.82) is 0 Å². The second-order valence-electron chi connectivity index (χ2n) is 3.96. The van der Waals surface area contributed by atoms with Crippen molar-refractivity contribution >= 4 is 11.8 Å². The van der Waals surface area contributed by atoms with Crippen LogP contribution in [-0.2, 0) is 5.41 Å². The van der Waals surface area contributed by atoms with E-state index in [9.17, 15) is 0 Å². The van der Waals surface area contributed by atoms with Crippen LogP contribution in [0.4, 0.5) is 0 Å². The molecule has 0 amide bonds. The zero-order valence-electron chi connectivity index (χ0n) is 8.41. The highest BCUT2D eigenvalue weighted by molar-refractivity contribution is 7.99. The van der Waals surface area contributed by atoms with E-state index in [1.165, 1.54) is 29.9 Å². The summed E-state index contributed by atoms with van der Waals surface area (Å²) in [6.07, 6.45) is 2.47. The highest BCUT2D eigenvalue weighted by Crippen LogP contribution is 2.37. The van der Waals surface area contributed by atoms with Gasteiger partial charge in [-0.2, -0.15) is 11.8 Å². The van der Waals surface area contributed by atoms with E-state index < -0.39 is 0 Å². The van der Waals surface area contributed by atoms with Gasteiger partial charge in [0.15, 0.2) is 0 Å². The molecular weight excluding hydrogens is 190 g/mol. The SMILES string of the molecule is NCC1(c2ccccc2)CCSCC1. The van der Waals surface area contributed by atoms with Crippen LogP contribution in [0.1, 0.15) is 18.4 Å². The summed E-state index contributed by atoms with van der Waals surface area (Å²) in [5.41, 5.74) is 7.66. The van der Waals surface area contributed by atoms with Crippen molar-refractivity contribution in [3.05, 3.63) is 35.9 Å². The van der Waals surface area contributed by atoms with Crippen LogP contribution in [0.3, 0.4) is 0 Å². The molecule has 76 valence electrons. The molecular formula is C12H17NS. The van der Waals surface area contributed by atoms with E-state index in [-0.39, 0.29) is 5.41 Å². The fraction of sp³-hybridized carbons (Fsp3) is 0.500. The monoisotopic (exact) mass is 207 g/mol. The molecule has 0 bridgehead atoms. The summed E-state index contributed by atoms with van der Waals surface area (Å²) in [7, 11) is 0. The predicted octanol–water partition coefficient (Wildman–Crippen LogP) is 2.41. The normalized spacial score (nSPS) is 20.6. The van der Waals surface area contributed by atoms with Crippen LogP contribution in [0.15, 0.2) is 30.3 Å². The van der Waals surface area contributed by atoms with Crippen LogP contribution in [0.2, 0.25) is 0 Å². The molecule has 0 atom stereocenters. The zero-order valence-corrected chi connectivity index (χ0v) is 9.22. The molecule has 1 aliphatic heterocycles. The first kappa shape index (κ1) is 10.1. The lowest BCUT2D eigenvalue weighted by Gasteiger charge is -2.36. The fourth-order valence-corrected chi connectivity index (χ4v) is 3.44. The van der Waals surface area contributed by atoms with E-state index in [4.69, 9.17) is 5.73 Å². The number of benzene rings is 1. The average molecular weight is 207 g/mol. The van der Waals surface area contributed by atoms with E-state index in [1.807, 2.05) is 0 Å². The lowest BCUT2D eigenvalue weighted by Crippen LogP contribution is -2.38. The van der Waals surface area contributed by atoms with Crippen molar-refractivity contribution in [2.24, 2.45) is 5.73 Å². The third kappa shape index (κ3) is 1.82. The number of thioether (sulfide) groups is 1. The molecule has 0 unspecified atom stereocenters. The number of hydrogen-bond acceptors (Lipinski definition) is 2. The Morgan fingerprint density at radius 2 is 1.79 bits per heavy atom. The van der Waals surface area contributed by atoms with Crippen molar-refractivity contribution in [2.45, 2.75) is 18.3 Å². The molecule has 2 N–H and O–H groups in total. The van der Waals surface area contributed by atoms with Crippen LogP contribution in [0.25, 0.3) is 0 Å². The van der Waals surface area contributed by atoms with Crippen molar-refractivity contribution in [3.8, 4) is 0 Å². The second kappa shape index (κ2) is 4.37. The average Bonchev–Trinajstić information content (AvgIpc) is 2.31. The molecule has 14 heavy (non-hydrogen) atoms. The van der Waals surface area contributed by atoms with Crippen molar-refractivity contribution < 1.29 is 0 Å². The van der Waals surface area contributed by atoms with Gasteiger partial charge in [0, 0.05) is 12.0 Å². The van der Waals surface area contributed by atoms with Gasteiger partial charge in [-0.25, -0.2) is 0 Å². The van der Waals surface area contributed by atoms with Gasteiger partial charge < -0.3 is 5.73 Å². The molecule has 0 saturated carbocycles. The standard InChI is InChI=1S/C12H17NS/c13-10-12(6-8-14-9-7-12)11-4-2-1-3-5-11/h1-5H,6-10,13H2. The molecule has 1 aliphatic rings. The van der Waals surface area contributed by atoms with Gasteiger partial charge >= 0.3 is 0 Å². The maximum atomic E-state index is 5.96. The minimum absolute atomic E-state index is 0.270. The molecule has 1 aromatic carbocycles. The molecule has 1 nitrogen and oxygen atoms in total. The van der Waals surface area contributed by atoms with Gasteiger partial charge in [0.25, 0.3) is 0 Å². The Kier molecular flexibility index (Phi) is 3.14. The van der Waals surface area contributed by atoms with E-state index >= 15 is 0 Å². The number of hydrogen-bond donors (Lipinski definition) is 1. The molecule has 0 radical (unpaired) electrons. The predicted molar refractivity (Wildman–Crippen MR) is 63.7 cm³/mol. The first-order valence-electron chi connectivity index (χ1n) is 5.21. The van der Waals surface area contributed by atoms with Crippen molar-refractivity contribution in [3.63, 3.8) is 0 Å². The maximum Gasteiger partial charge on any atom is 0.00912 e. The topological polar surface area (TPSA) is 26.0 Å². The minimum atomic E-state index is 0.270. The van der Waals surface area contributed by atoms with Gasteiger partial charge in [-0.05, 0) is 29.9 Å². The first-order valence-corrected chi connectivity index (χ1v) is 6.36. The molecule has 0 spiro atoms. The molecule has 2 heteroatoms. The molecule has 1 heterocycles. The van der Waals surface area contributed by atoms with Crippen LogP contribution >= 0.6 is 11.8 Å². The first-order chi connectivity index (χ1) is 6.87. The van der Waals surface area contributed by atoms with E-state index in [0.717, 1.165) is 6.54 Å². The fourth-order valence-electron chi connectivity index (χ4n) is 2.16. The summed E-state index contributed by atoms with van der Waals surface area (Å²) in [6, 6.07) is 10.8. The Balaban J connectivity index is 2.27. The van der Waals surface area contributed by atoms with Gasteiger partial charge in [-0.3, -0.25) is 0 Å². The summed E-state index contributed by atoms with van der Waals surface area (Å²) < 4.78 is 0. The van der Waals surface area contributed by atoms with E-state index in [1.54, 1.807) is 0 Å². The molecule has 1 saturated heterocycles. The van der Waals surface area contributed by atoms with Crippen LogP contribution < -0.4 is 5.73 Å². The number of nitrogens with two attached hydrogens (primary N) is 1. The van der Waals surface area contributed by atoms with Gasteiger partial charge in [-0.1, -0.05) is 30.3 Å². The second-order valence-corrected chi connectivity index (χ2v) is 5.19. The van der Waals surface area contributed by atoms with Gasteiger partial charge in [0.05, 0.1) is 0 Å². The Bertz CT molecular complexity index is 278. The summed E-state index contributed by atoms with van der Waals surface area (Å²) in [5, 5.41) is 0. The van der Waals surface area contributed by atoms with Crippen molar-refractivity contribution in [2.75, 3.05) is 18.1 Å². The third-order valence-electron chi connectivity index (χ3n) is 3.23. The summed E-state index contributed by atoms with van der Waals surface area (Å²) >= 11 is 2.05. The van der Waals surface area contributed by atoms with Gasteiger partial charge in [-0.15, -0.1) is 0 Å². The largest absolute Gasteiger partial charge is 0.330 e. The van der Waals surface area contributed by atoms with E-state index in [2.05, 4.69) is 42.1 Å². The minimum Gasteiger partial charge on any atom is -0.330 e. The highest BCUT2D eigenvalue weighted by Gasteiger charge is 2.32. The smallest absolute Gasteiger partial charge is 0.00912 e. The van der Waals surface area contributed by atoms with E-state index in [0.29, 0.717) is 0 Å². The summed E-state index contributed by atoms with van der Waals surface area (Å²) in [6.45, 7) is 0.789. The van der Waals surface area contributed by atoms with Crippen LogP contribution in [0.5, 0.6) is 0 Å². The molecule has 2 rings (SSSR count). The zero-order chi connectivity index (χ0) is 9.86. The lowest BCUT2D eigenvalue weighted by molar-refractivity contribution is 0.405. The van der Waals surface area contributed by atoms with Crippen LogP contribution in [0, 0.1) is 0 Å². The molecule has 0 aliphatic carbocycles. The maximum absolute atomic E-state index is 5.96. The highest BCUT2D eigenvalue weighted by atomic mass is 32.2. The Morgan fingerprint density at radius 1 is 1.14 bits per heavy atom. The Hall–Kier alpha value is -0.470. The third-order valence-corrected chi connectivity index (χ3v) is 4.21. The molecule has 1 fully saturated rings. The van der Waals surface area contributed by atoms with Crippen molar-refractivity contribution in [1.82, 2.24) is 0 Å². The van der Waals surface area contributed by atoms with Crippen LogP contribution in [-0.4, -0.2) is 18.1 Å².